The van der Waals surface area contributed by atoms with Crippen LogP contribution in [0.15, 0.2) is 24.3 Å². The van der Waals surface area contributed by atoms with E-state index in [1.165, 1.54) is 0 Å². The lowest BCUT2D eigenvalue weighted by Gasteiger charge is -2.42. The molecular weight excluding hydrogens is 447 g/mol. The predicted octanol–water partition coefficient (Wildman–Crippen LogP) is 7.83. The van der Waals surface area contributed by atoms with Gasteiger partial charge in [0.25, 0.3) is 0 Å². The van der Waals surface area contributed by atoms with Crippen LogP contribution in [0.3, 0.4) is 0 Å². The molecule has 0 radical (unpaired) electrons. The zero-order valence-corrected chi connectivity index (χ0v) is 23.2. The van der Waals surface area contributed by atoms with Gasteiger partial charge in [-0.2, -0.15) is 0 Å². The van der Waals surface area contributed by atoms with Crippen molar-refractivity contribution in [2.75, 3.05) is 7.11 Å². The molecule has 6 heteroatoms. The van der Waals surface area contributed by atoms with Crippen LogP contribution in [-0.2, 0) is 13.6 Å². The normalized spacial score (nSPS) is 31.6. The fourth-order valence-electron chi connectivity index (χ4n) is 5.95. The van der Waals surface area contributed by atoms with Gasteiger partial charge in [0.15, 0.2) is 5.85 Å². The van der Waals surface area contributed by atoms with Crippen LogP contribution in [0.25, 0.3) is 0 Å². The van der Waals surface area contributed by atoms with Crippen molar-refractivity contribution in [3.8, 4) is 5.75 Å². The third-order valence-corrected chi connectivity index (χ3v) is 10.2. The molecule has 194 valence electrons. The Morgan fingerprint density at radius 1 is 0.824 bits per heavy atom. The quantitative estimate of drug-likeness (QED) is 0.354. The number of hydrogen-bond acceptors (Lipinski definition) is 5. The van der Waals surface area contributed by atoms with Crippen molar-refractivity contribution in [1.82, 2.24) is 0 Å². The Labute approximate surface area is 207 Å². The van der Waals surface area contributed by atoms with Crippen molar-refractivity contribution >= 4 is 7.60 Å². The zero-order valence-electron chi connectivity index (χ0n) is 22.3. The maximum Gasteiger partial charge on any atom is 0.363 e. The average molecular weight is 495 g/mol. The van der Waals surface area contributed by atoms with Gasteiger partial charge in [0.1, 0.15) is 5.75 Å². The summed E-state index contributed by atoms with van der Waals surface area (Å²) in [6, 6.07) is 7.08. The number of ether oxygens (including phenoxy) is 1. The Morgan fingerprint density at radius 3 is 1.65 bits per heavy atom. The van der Waals surface area contributed by atoms with Crippen LogP contribution < -0.4 is 4.74 Å². The first kappa shape index (κ1) is 27.7. The van der Waals surface area contributed by atoms with Crippen molar-refractivity contribution in [3.63, 3.8) is 0 Å². The van der Waals surface area contributed by atoms with Gasteiger partial charge in [-0.25, -0.2) is 0 Å². The topological polar surface area (TPSA) is 65.0 Å². The van der Waals surface area contributed by atoms with Gasteiger partial charge in [-0.05, 0) is 78.9 Å². The third-order valence-electron chi connectivity index (χ3n) is 8.20. The second-order valence-electron chi connectivity index (χ2n) is 11.6. The van der Waals surface area contributed by atoms with E-state index >= 15 is 0 Å². The Balaban J connectivity index is 1.94. The number of benzene rings is 1. The van der Waals surface area contributed by atoms with Crippen LogP contribution in [0.4, 0.5) is 0 Å². The summed E-state index contributed by atoms with van der Waals surface area (Å²) in [4.78, 5) is 0. The summed E-state index contributed by atoms with van der Waals surface area (Å²) in [5.41, 5.74) is 0.541. The standard InChI is InChI=1S/C28H47O5P/c1-18(2)24-14-8-20(5)16-26(24)32-34(30,28(29)22-10-12-23(31-7)13-11-22)33-27-17-21(6)9-15-25(27)19(3)4/h10-13,18-21,24-29H,8-9,14-17H2,1-7H3/t20-,21-,24+,25+,26+,27+,28-/m0/s1. The first-order chi connectivity index (χ1) is 16.0. The summed E-state index contributed by atoms with van der Waals surface area (Å²) >= 11 is 0. The van der Waals surface area contributed by atoms with Crippen LogP contribution in [0, 0.1) is 35.5 Å². The van der Waals surface area contributed by atoms with Gasteiger partial charge >= 0.3 is 7.60 Å². The van der Waals surface area contributed by atoms with Crippen LogP contribution in [0.5, 0.6) is 5.75 Å². The predicted molar refractivity (Wildman–Crippen MR) is 138 cm³/mol. The summed E-state index contributed by atoms with van der Waals surface area (Å²) in [5.74, 6) is 1.83. The van der Waals surface area contributed by atoms with E-state index in [1.807, 2.05) is 0 Å². The molecule has 34 heavy (non-hydrogen) atoms. The molecule has 2 saturated carbocycles. The molecule has 2 fully saturated rings. The number of rotatable bonds is 9. The lowest BCUT2D eigenvalue weighted by Crippen LogP contribution is -2.37. The molecule has 0 spiro atoms. The molecule has 0 aliphatic heterocycles. The monoisotopic (exact) mass is 494 g/mol. The Morgan fingerprint density at radius 2 is 1.26 bits per heavy atom. The van der Waals surface area contributed by atoms with Crippen molar-refractivity contribution in [2.24, 2.45) is 35.5 Å². The lowest BCUT2D eigenvalue weighted by atomic mass is 9.75. The molecule has 3 rings (SSSR count). The number of aliphatic hydroxyl groups is 1. The van der Waals surface area contributed by atoms with E-state index in [1.54, 1.807) is 31.4 Å². The van der Waals surface area contributed by atoms with Gasteiger partial charge in [-0.1, -0.05) is 66.5 Å². The minimum atomic E-state index is -3.89. The fourth-order valence-corrected chi connectivity index (χ4v) is 8.01. The molecule has 2 aliphatic rings. The van der Waals surface area contributed by atoms with E-state index in [9.17, 15) is 9.67 Å². The van der Waals surface area contributed by atoms with Crippen molar-refractivity contribution in [1.29, 1.82) is 0 Å². The second kappa shape index (κ2) is 11.9. The molecule has 0 aromatic heterocycles. The van der Waals surface area contributed by atoms with Gasteiger partial charge in [-0.3, -0.25) is 4.57 Å². The molecule has 0 amide bonds. The Bertz CT molecular complexity index is 770. The summed E-state index contributed by atoms with van der Waals surface area (Å²) in [5, 5.41) is 11.5. The minimum absolute atomic E-state index is 0.180. The minimum Gasteiger partial charge on any atom is -0.497 e. The van der Waals surface area contributed by atoms with Gasteiger partial charge in [0.2, 0.25) is 0 Å². The number of aliphatic hydroxyl groups excluding tert-OH is 1. The lowest BCUT2D eigenvalue weighted by molar-refractivity contribution is -0.0154. The van der Waals surface area contributed by atoms with Gasteiger partial charge in [0, 0.05) is 0 Å². The van der Waals surface area contributed by atoms with Crippen molar-refractivity contribution < 1.29 is 23.5 Å². The maximum absolute atomic E-state index is 14.6. The molecule has 0 saturated heterocycles. The molecule has 5 nitrogen and oxygen atoms in total. The van der Waals surface area contributed by atoms with E-state index in [0.717, 1.165) is 38.5 Å². The zero-order chi connectivity index (χ0) is 25.0. The van der Waals surface area contributed by atoms with Gasteiger partial charge < -0.3 is 18.9 Å². The van der Waals surface area contributed by atoms with Crippen molar-refractivity contribution in [2.45, 2.75) is 98.1 Å². The molecule has 1 aromatic rings. The van der Waals surface area contributed by atoms with E-state index in [4.69, 9.17) is 13.8 Å². The molecule has 1 aromatic carbocycles. The highest BCUT2D eigenvalue weighted by Gasteiger charge is 2.46. The van der Waals surface area contributed by atoms with Crippen molar-refractivity contribution in [3.05, 3.63) is 29.8 Å². The molecule has 1 N–H and O–H groups in total. The highest BCUT2D eigenvalue weighted by Crippen LogP contribution is 2.64. The molecule has 0 bridgehead atoms. The molecule has 0 unspecified atom stereocenters. The van der Waals surface area contributed by atoms with E-state index in [-0.39, 0.29) is 12.2 Å². The highest BCUT2D eigenvalue weighted by atomic mass is 31.2. The van der Waals surface area contributed by atoms with E-state index < -0.39 is 13.4 Å². The second-order valence-corrected chi connectivity index (χ2v) is 13.6. The summed E-state index contributed by atoms with van der Waals surface area (Å²) in [6.07, 6.45) is 5.76. The summed E-state index contributed by atoms with van der Waals surface area (Å²) < 4.78 is 32.9. The number of hydrogen-bond donors (Lipinski definition) is 1. The van der Waals surface area contributed by atoms with E-state index in [2.05, 4.69) is 41.5 Å². The highest BCUT2D eigenvalue weighted by molar-refractivity contribution is 7.54. The Kier molecular flexibility index (Phi) is 9.71. The molecular formula is C28H47O5P. The SMILES string of the molecule is COc1ccc([C@@H](O)P(=O)(O[C@@H]2C[C@@H](C)CC[C@@H]2C(C)C)O[C@@H]2C[C@@H](C)CC[C@@H]2C(C)C)cc1. The average Bonchev–Trinajstić information content (AvgIpc) is 2.78. The maximum atomic E-state index is 14.6. The number of methoxy groups -OCH3 is 1. The van der Waals surface area contributed by atoms with Gasteiger partial charge in [-0.15, -0.1) is 0 Å². The van der Waals surface area contributed by atoms with Crippen LogP contribution in [0.2, 0.25) is 0 Å². The van der Waals surface area contributed by atoms with Crippen LogP contribution in [0.1, 0.15) is 91.5 Å². The summed E-state index contributed by atoms with van der Waals surface area (Å²) in [7, 11) is -2.28. The van der Waals surface area contributed by atoms with Crippen LogP contribution >= 0.6 is 7.60 Å². The first-order valence-corrected chi connectivity index (χ1v) is 14.9. The fraction of sp³-hybridized carbons (Fsp3) is 0.786. The Hall–Kier alpha value is -0.870. The largest absolute Gasteiger partial charge is 0.497 e. The molecule has 2 aliphatic carbocycles. The van der Waals surface area contributed by atoms with Gasteiger partial charge in [0.05, 0.1) is 19.3 Å². The molecule has 7 atom stereocenters. The smallest absolute Gasteiger partial charge is 0.363 e. The molecule has 0 heterocycles. The van der Waals surface area contributed by atoms with E-state index in [0.29, 0.717) is 46.8 Å². The summed E-state index contributed by atoms with van der Waals surface area (Å²) in [6.45, 7) is 13.3. The van der Waals surface area contributed by atoms with Crippen LogP contribution in [-0.4, -0.2) is 24.4 Å². The first-order valence-electron chi connectivity index (χ1n) is 13.3. The third kappa shape index (κ3) is 6.66.